The molecule has 9 nitrogen and oxygen atoms in total. The second kappa shape index (κ2) is 12.7. The Morgan fingerprint density at radius 1 is 1.02 bits per heavy atom. The van der Waals surface area contributed by atoms with E-state index in [9.17, 15) is 41.0 Å². The van der Waals surface area contributed by atoms with Gasteiger partial charge in [-0.05, 0) is 68.3 Å². The molecular formula is C26H31F6N3O6. The fourth-order valence-electron chi connectivity index (χ4n) is 5.87. The van der Waals surface area contributed by atoms with Crippen LogP contribution in [0.3, 0.4) is 0 Å². The van der Waals surface area contributed by atoms with Gasteiger partial charge in [-0.1, -0.05) is 6.92 Å². The van der Waals surface area contributed by atoms with Crippen molar-refractivity contribution in [2.75, 3.05) is 37.6 Å². The van der Waals surface area contributed by atoms with Gasteiger partial charge in [-0.3, -0.25) is 4.90 Å². The quantitative estimate of drug-likeness (QED) is 0.488. The SMILES string of the molecule is CC1CCN(c2cc(CN3CCCC34CCN(C(=O)OC(C(F)(F)F)C(F)(F)F)CC4)cc(C(=O)O)c2)C1.O=C=O. The highest BCUT2D eigenvalue weighted by Gasteiger charge is 2.60. The van der Waals surface area contributed by atoms with Gasteiger partial charge in [-0.15, -0.1) is 0 Å². The fourth-order valence-corrected chi connectivity index (χ4v) is 5.87. The Morgan fingerprint density at radius 3 is 2.15 bits per heavy atom. The maximum Gasteiger partial charge on any atom is 0.434 e. The molecule has 3 saturated heterocycles. The zero-order valence-corrected chi connectivity index (χ0v) is 22.3. The van der Waals surface area contributed by atoms with E-state index < -0.39 is 30.5 Å². The molecule has 0 bridgehead atoms. The van der Waals surface area contributed by atoms with Crippen LogP contribution in [0.15, 0.2) is 18.2 Å². The topological polar surface area (TPSA) is 107 Å². The van der Waals surface area contributed by atoms with E-state index in [0.717, 1.165) is 48.5 Å². The van der Waals surface area contributed by atoms with Crippen molar-refractivity contribution >= 4 is 23.9 Å². The average Bonchev–Trinajstić information content (AvgIpc) is 3.48. The minimum Gasteiger partial charge on any atom is -0.478 e. The molecule has 3 heterocycles. The van der Waals surface area contributed by atoms with Crippen molar-refractivity contribution in [1.29, 1.82) is 0 Å². The molecule has 0 saturated carbocycles. The molecule has 41 heavy (non-hydrogen) atoms. The summed E-state index contributed by atoms with van der Waals surface area (Å²) in [6.07, 6.45) is -13.7. The number of piperidine rings is 1. The number of benzene rings is 1. The van der Waals surface area contributed by atoms with Gasteiger partial charge in [0.15, 0.2) is 0 Å². The third-order valence-corrected chi connectivity index (χ3v) is 7.89. The lowest BCUT2D eigenvalue weighted by atomic mass is 9.85. The molecule has 3 fully saturated rings. The molecule has 1 aromatic carbocycles. The van der Waals surface area contributed by atoms with Crippen LogP contribution in [0, 0.1) is 5.92 Å². The number of carboxylic acids is 1. The van der Waals surface area contributed by atoms with Gasteiger partial charge in [-0.2, -0.15) is 35.9 Å². The van der Waals surface area contributed by atoms with E-state index in [0.29, 0.717) is 31.8 Å². The molecule has 1 spiro atoms. The highest BCUT2D eigenvalue weighted by atomic mass is 19.4. The Kier molecular flexibility index (Phi) is 9.96. The summed E-state index contributed by atoms with van der Waals surface area (Å²) in [5, 5.41) is 9.65. The van der Waals surface area contributed by atoms with E-state index in [1.165, 1.54) is 0 Å². The van der Waals surface area contributed by atoms with Crippen molar-refractivity contribution in [3.05, 3.63) is 29.3 Å². The second-order valence-electron chi connectivity index (χ2n) is 10.7. The first-order valence-electron chi connectivity index (χ1n) is 13.0. The minimum absolute atomic E-state index is 0.0378. The van der Waals surface area contributed by atoms with E-state index in [1.54, 1.807) is 12.1 Å². The van der Waals surface area contributed by atoms with Crippen molar-refractivity contribution in [1.82, 2.24) is 9.80 Å². The summed E-state index contributed by atoms with van der Waals surface area (Å²) in [5.41, 5.74) is 1.47. The number of rotatable bonds is 5. The molecule has 228 valence electrons. The van der Waals surface area contributed by atoms with Crippen LogP contribution in [-0.2, 0) is 20.9 Å². The number of hydrogen-bond acceptors (Lipinski definition) is 7. The molecule has 3 aliphatic rings. The molecule has 1 amide bonds. The first-order valence-corrected chi connectivity index (χ1v) is 13.0. The van der Waals surface area contributed by atoms with Crippen LogP contribution in [0.1, 0.15) is 54.9 Å². The Balaban J connectivity index is 0.00000147. The summed E-state index contributed by atoms with van der Waals surface area (Å²) in [4.78, 5) is 45.5. The number of likely N-dealkylation sites (tertiary alicyclic amines) is 2. The molecule has 1 unspecified atom stereocenters. The predicted octanol–water partition coefficient (Wildman–Crippen LogP) is 4.71. The minimum atomic E-state index is -5.76. The number of aromatic carboxylic acids is 1. The van der Waals surface area contributed by atoms with Crippen LogP contribution in [0.2, 0.25) is 0 Å². The van der Waals surface area contributed by atoms with Gasteiger partial charge >= 0.3 is 30.6 Å². The number of carboxylic acid groups (broad SMARTS) is 1. The number of carbonyl (C=O) groups excluding carboxylic acids is 3. The Labute approximate surface area is 232 Å². The van der Waals surface area contributed by atoms with E-state index in [1.807, 2.05) is 6.07 Å². The molecule has 1 N–H and O–H groups in total. The van der Waals surface area contributed by atoms with E-state index >= 15 is 0 Å². The smallest absolute Gasteiger partial charge is 0.434 e. The number of ether oxygens (including phenoxy) is 1. The lowest BCUT2D eigenvalue weighted by molar-refractivity contribution is -0.308. The van der Waals surface area contributed by atoms with Crippen molar-refractivity contribution in [3.63, 3.8) is 0 Å². The lowest BCUT2D eigenvalue weighted by Gasteiger charge is -2.45. The van der Waals surface area contributed by atoms with Crippen LogP contribution in [-0.4, -0.2) is 89.8 Å². The largest absolute Gasteiger partial charge is 0.478 e. The van der Waals surface area contributed by atoms with Crippen molar-refractivity contribution < 1.29 is 55.4 Å². The number of hydrogen-bond donors (Lipinski definition) is 1. The Hall–Kier alpha value is -3.32. The summed E-state index contributed by atoms with van der Waals surface area (Å²) in [7, 11) is 0. The van der Waals surface area contributed by atoms with Crippen molar-refractivity contribution in [2.24, 2.45) is 5.92 Å². The predicted molar refractivity (Wildman–Crippen MR) is 130 cm³/mol. The number of anilines is 1. The zero-order chi connectivity index (χ0) is 30.6. The molecule has 4 rings (SSSR count). The molecule has 0 aromatic heterocycles. The van der Waals surface area contributed by atoms with Gasteiger partial charge in [0, 0.05) is 44.0 Å². The first-order chi connectivity index (χ1) is 19.1. The summed E-state index contributed by atoms with van der Waals surface area (Å²) < 4.78 is 80.7. The molecular weight excluding hydrogens is 564 g/mol. The lowest BCUT2D eigenvalue weighted by Crippen LogP contribution is -2.54. The van der Waals surface area contributed by atoms with Crippen LogP contribution in [0.4, 0.5) is 36.8 Å². The molecule has 3 aliphatic heterocycles. The van der Waals surface area contributed by atoms with Gasteiger partial charge in [0.05, 0.1) is 5.56 Å². The summed E-state index contributed by atoms with van der Waals surface area (Å²) in [6, 6.07) is 5.29. The molecule has 1 atom stereocenters. The third kappa shape index (κ3) is 7.91. The molecule has 0 aliphatic carbocycles. The molecule has 0 radical (unpaired) electrons. The Morgan fingerprint density at radius 2 is 1.63 bits per heavy atom. The van der Waals surface area contributed by atoms with Crippen LogP contribution in [0.25, 0.3) is 0 Å². The van der Waals surface area contributed by atoms with Gasteiger partial charge in [-0.25, -0.2) is 9.59 Å². The Bertz CT molecular complexity index is 1120. The highest BCUT2D eigenvalue weighted by molar-refractivity contribution is 5.89. The number of alkyl halides is 6. The van der Waals surface area contributed by atoms with Gasteiger partial charge in [0.25, 0.3) is 6.10 Å². The number of halogens is 6. The number of nitrogens with zero attached hydrogens (tertiary/aromatic N) is 3. The van der Waals surface area contributed by atoms with E-state index in [-0.39, 0.29) is 30.3 Å². The molecule has 15 heteroatoms. The second-order valence-corrected chi connectivity index (χ2v) is 10.7. The number of amides is 1. The fraction of sp³-hybridized carbons (Fsp3) is 0.654. The van der Waals surface area contributed by atoms with Crippen molar-refractivity contribution in [3.8, 4) is 0 Å². The standard InChI is InChI=1S/C25H31F6N3O4.CO2/c1-16-3-8-33(14-16)19-12-17(11-18(13-19)20(35)36)15-34-7-2-4-23(34)5-9-32(10-6-23)22(37)38-21(24(26,27)28)25(29,30)31;2-1-3/h11-13,16,21H,2-10,14-15H2,1H3,(H,35,36);. The van der Waals surface area contributed by atoms with Gasteiger partial charge in [0.2, 0.25) is 0 Å². The number of carbonyl (C=O) groups is 2. The third-order valence-electron chi connectivity index (χ3n) is 7.89. The first kappa shape index (κ1) is 32.2. The van der Waals surface area contributed by atoms with E-state index in [2.05, 4.69) is 21.5 Å². The summed E-state index contributed by atoms with van der Waals surface area (Å²) in [5.74, 6) is -0.521. The van der Waals surface area contributed by atoms with Crippen molar-refractivity contribution in [2.45, 2.75) is 69.6 Å². The monoisotopic (exact) mass is 595 g/mol. The zero-order valence-electron chi connectivity index (χ0n) is 22.3. The maximum atomic E-state index is 12.8. The van der Waals surface area contributed by atoms with Crippen LogP contribution < -0.4 is 4.90 Å². The summed E-state index contributed by atoms with van der Waals surface area (Å²) in [6.45, 7) is 4.91. The van der Waals surface area contributed by atoms with E-state index in [4.69, 9.17) is 9.59 Å². The van der Waals surface area contributed by atoms with Crippen LogP contribution >= 0.6 is 0 Å². The summed E-state index contributed by atoms with van der Waals surface area (Å²) >= 11 is 0. The van der Waals surface area contributed by atoms with Crippen LogP contribution in [0.5, 0.6) is 0 Å². The van der Waals surface area contributed by atoms with Gasteiger partial charge < -0.3 is 19.6 Å². The highest BCUT2D eigenvalue weighted by Crippen LogP contribution is 2.41. The normalized spacial score (nSPS) is 21.0. The maximum absolute atomic E-state index is 12.8. The molecule has 1 aromatic rings. The van der Waals surface area contributed by atoms with Gasteiger partial charge in [0.1, 0.15) is 0 Å². The average molecular weight is 596 g/mol.